The van der Waals surface area contributed by atoms with Crippen molar-refractivity contribution in [3.63, 3.8) is 0 Å². The predicted octanol–water partition coefficient (Wildman–Crippen LogP) is 4.35. The van der Waals surface area contributed by atoms with Gasteiger partial charge in [-0.05, 0) is 69.4 Å². The third kappa shape index (κ3) is 4.52. The molecule has 6 rings (SSSR count). The van der Waals surface area contributed by atoms with Gasteiger partial charge in [0.05, 0.1) is 29.0 Å². The first-order valence-corrected chi connectivity index (χ1v) is 13.3. The van der Waals surface area contributed by atoms with Crippen LogP contribution in [0.5, 0.6) is 0 Å². The van der Waals surface area contributed by atoms with Gasteiger partial charge in [0.15, 0.2) is 5.60 Å². The molecule has 5 heterocycles. The molecule has 0 aromatic carbocycles. The van der Waals surface area contributed by atoms with Gasteiger partial charge >= 0.3 is 6.18 Å². The molecule has 1 aliphatic heterocycles. The number of nitrogens with two attached hydrogens (primary N) is 1. The van der Waals surface area contributed by atoms with Gasteiger partial charge in [0.25, 0.3) is 5.91 Å². The fourth-order valence-electron chi connectivity index (χ4n) is 5.45. The summed E-state index contributed by atoms with van der Waals surface area (Å²) in [6.07, 6.45) is -2.21. The Labute approximate surface area is 227 Å². The van der Waals surface area contributed by atoms with Crippen LogP contribution in [0.4, 0.5) is 17.6 Å². The van der Waals surface area contributed by atoms with Crippen molar-refractivity contribution in [3.05, 3.63) is 53.3 Å². The number of hydrogen-bond donors (Lipinski definition) is 2. The number of amides is 1. The standard InChI is InChI=1S/C28H30F4N6O2/c1-15-21-7-5-18(26(39)36-13-19(29)10-20(33)14-36)12-38(21)35-24(15)22-9-17-6-8-23(27(2,40)28(30,31)32)34-25(17)37(22)11-16-3-4-16/h5-9,12,16,19-20,40H,3-4,10-11,13-14,33H2,1-2H3/t19-,20-,27?/m1/s1. The Kier molecular flexibility index (Phi) is 6.19. The maximum atomic E-state index is 14.1. The van der Waals surface area contributed by atoms with E-state index in [0.29, 0.717) is 47.4 Å². The van der Waals surface area contributed by atoms with Gasteiger partial charge in [-0.25, -0.2) is 13.9 Å². The van der Waals surface area contributed by atoms with E-state index >= 15 is 0 Å². The number of halogens is 4. The highest BCUT2D eigenvalue weighted by atomic mass is 19.4. The molecule has 12 heteroatoms. The van der Waals surface area contributed by atoms with Gasteiger partial charge in [-0.15, -0.1) is 0 Å². The molecule has 0 radical (unpaired) electrons. The average Bonchev–Trinajstić information content (AvgIpc) is 3.56. The van der Waals surface area contributed by atoms with Crippen molar-refractivity contribution in [1.82, 2.24) is 24.1 Å². The van der Waals surface area contributed by atoms with E-state index in [-0.39, 0.29) is 25.4 Å². The first-order chi connectivity index (χ1) is 18.8. The number of nitrogens with zero attached hydrogens (tertiary/aromatic N) is 5. The quantitative estimate of drug-likeness (QED) is 0.355. The molecule has 40 heavy (non-hydrogen) atoms. The third-order valence-electron chi connectivity index (χ3n) is 8.02. The van der Waals surface area contributed by atoms with Crippen molar-refractivity contribution in [2.45, 2.75) is 63.6 Å². The Morgan fingerprint density at radius 2 is 1.93 bits per heavy atom. The molecule has 1 unspecified atom stereocenters. The van der Waals surface area contributed by atoms with Crippen LogP contribution in [-0.4, -0.2) is 66.6 Å². The van der Waals surface area contributed by atoms with Crippen LogP contribution in [0.1, 0.15) is 47.8 Å². The van der Waals surface area contributed by atoms with E-state index in [4.69, 9.17) is 10.8 Å². The Morgan fingerprint density at radius 1 is 1.18 bits per heavy atom. The highest BCUT2D eigenvalue weighted by molar-refractivity contribution is 5.95. The highest BCUT2D eigenvalue weighted by Gasteiger charge is 2.52. The molecule has 2 aliphatic rings. The number of carbonyl (C=O) groups is 1. The lowest BCUT2D eigenvalue weighted by Gasteiger charge is -2.32. The van der Waals surface area contributed by atoms with Crippen LogP contribution in [-0.2, 0) is 12.1 Å². The molecule has 212 valence electrons. The Bertz CT molecular complexity index is 1610. The van der Waals surface area contributed by atoms with Gasteiger partial charge < -0.3 is 20.3 Å². The minimum atomic E-state index is -4.89. The summed E-state index contributed by atoms with van der Waals surface area (Å²) in [6.45, 7) is 3.42. The summed E-state index contributed by atoms with van der Waals surface area (Å²) in [6, 6.07) is 7.61. The van der Waals surface area contributed by atoms with Crippen LogP contribution in [0.25, 0.3) is 27.9 Å². The van der Waals surface area contributed by atoms with Gasteiger partial charge in [0, 0.05) is 36.3 Å². The van der Waals surface area contributed by atoms with Gasteiger partial charge in [-0.3, -0.25) is 4.79 Å². The van der Waals surface area contributed by atoms with Crippen molar-refractivity contribution in [1.29, 1.82) is 0 Å². The minimum absolute atomic E-state index is 0.00849. The van der Waals surface area contributed by atoms with Crippen LogP contribution in [0, 0.1) is 12.8 Å². The SMILES string of the molecule is Cc1c(-c2cc3ccc(C(C)(O)C(F)(F)F)nc3n2CC2CC2)nn2cc(C(=O)N3C[C@H](N)C[C@@H](F)C3)ccc12. The lowest BCUT2D eigenvalue weighted by molar-refractivity contribution is -0.260. The Balaban J connectivity index is 1.42. The smallest absolute Gasteiger partial charge is 0.375 e. The van der Waals surface area contributed by atoms with E-state index in [1.807, 2.05) is 17.6 Å². The second kappa shape index (κ2) is 9.27. The monoisotopic (exact) mass is 558 g/mol. The molecule has 1 saturated carbocycles. The summed E-state index contributed by atoms with van der Waals surface area (Å²) < 4.78 is 58.2. The van der Waals surface area contributed by atoms with Crippen LogP contribution in [0.3, 0.4) is 0 Å². The number of fused-ring (bicyclic) bond motifs is 2. The predicted molar refractivity (Wildman–Crippen MR) is 140 cm³/mol. The van der Waals surface area contributed by atoms with Crippen LogP contribution in [0.2, 0.25) is 0 Å². The summed E-state index contributed by atoms with van der Waals surface area (Å²) in [4.78, 5) is 18.8. The van der Waals surface area contributed by atoms with Crippen molar-refractivity contribution >= 4 is 22.5 Å². The summed E-state index contributed by atoms with van der Waals surface area (Å²) in [5, 5.41) is 15.6. The topological polar surface area (TPSA) is 102 Å². The molecule has 4 aromatic rings. The Morgan fingerprint density at radius 3 is 2.60 bits per heavy atom. The summed E-state index contributed by atoms with van der Waals surface area (Å²) in [5.41, 5.74) is 5.91. The van der Waals surface area contributed by atoms with E-state index in [1.54, 1.807) is 22.8 Å². The van der Waals surface area contributed by atoms with Crippen LogP contribution < -0.4 is 5.73 Å². The lowest BCUT2D eigenvalue weighted by atomic mass is 10.0. The van der Waals surface area contributed by atoms with Crippen LogP contribution in [0.15, 0.2) is 36.5 Å². The number of pyridine rings is 2. The molecule has 2 fully saturated rings. The maximum Gasteiger partial charge on any atom is 0.422 e. The van der Waals surface area contributed by atoms with Crippen molar-refractivity contribution in [2.24, 2.45) is 11.7 Å². The number of hydrogen-bond acceptors (Lipinski definition) is 5. The number of aryl methyl sites for hydroxylation is 1. The zero-order chi connectivity index (χ0) is 28.6. The largest absolute Gasteiger partial charge is 0.422 e. The second-order valence-corrected chi connectivity index (χ2v) is 11.3. The van der Waals surface area contributed by atoms with E-state index in [0.717, 1.165) is 23.9 Å². The van der Waals surface area contributed by atoms with E-state index < -0.39 is 29.7 Å². The fourth-order valence-corrected chi connectivity index (χ4v) is 5.45. The zero-order valence-electron chi connectivity index (χ0n) is 22.1. The van der Waals surface area contributed by atoms with E-state index in [9.17, 15) is 27.5 Å². The van der Waals surface area contributed by atoms with E-state index in [1.165, 1.54) is 17.0 Å². The molecule has 1 saturated heterocycles. The van der Waals surface area contributed by atoms with Crippen molar-refractivity contribution in [3.8, 4) is 11.4 Å². The molecule has 8 nitrogen and oxygen atoms in total. The lowest BCUT2D eigenvalue weighted by Crippen LogP contribution is -2.50. The summed E-state index contributed by atoms with van der Waals surface area (Å²) in [7, 11) is 0. The zero-order valence-corrected chi connectivity index (χ0v) is 22.1. The number of aromatic nitrogens is 4. The second-order valence-electron chi connectivity index (χ2n) is 11.3. The third-order valence-corrected chi connectivity index (χ3v) is 8.02. The summed E-state index contributed by atoms with van der Waals surface area (Å²) in [5.74, 6) is 0.0467. The minimum Gasteiger partial charge on any atom is -0.375 e. The van der Waals surface area contributed by atoms with E-state index in [2.05, 4.69) is 4.98 Å². The molecule has 0 spiro atoms. The highest BCUT2D eigenvalue weighted by Crippen LogP contribution is 2.40. The van der Waals surface area contributed by atoms with Crippen molar-refractivity contribution < 1.29 is 27.5 Å². The number of likely N-dealkylation sites (tertiary alicyclic amines) is 1. The molecule has 1 amide bonds. The molecular weight excluding hydrogens is 528 g/mol. The molecular formula is C28H30F4N6O2. The maximum absolute atomic E-state index is 14.1. The molecule has 0 bridgehead atoms. The number of aliphatic hydroxyl groups is 1. The van der Waals surface area contributed by atoms with Crippen molar-refractivity contribution in [2.75, 3.05) is 13.1 Å². The van der Waals surface area contributed by atoms with Gasteiger partial charge in [0.2, 0.25) is 0 Å². The Hall–Kier alpha value is -3.51. The first kappa shape index (κ1) is 26.7. The normalized spacial score (nSPS) is 21.8. The number of alkyl halides is 4. The fraction of sp³-hybridized carbons (Fsp3) is 0.464. The van der Waals surface area contributed by atoms with Gasteiger partial charge in [-0.2, -0.15) is 18.3 Å². The van der Waals surface area contributed by atoms with Gasteiger partial charge in [0.1, 0.15) is 17.5 Å². The molecule has 4 aromatic heterocycles. The van der Waals surface area contributed by atoms with Gasteiger partial charge in [-0.1, -0.05) is 0 Å². The first-order valence-electron chi connectivity index (χ1n) is 13.3. The molecule has 1 aliphatic carbocycles. The number of piperidine rings is 1. The molecule has 3 atom stereocenters. The number of carbonyl (C=O) groups excluding carboxylic acids is 1. The summed E-state index contributed by atoms with van der Waals surface area (Å²) >= 11 is 0. The average molecular weight is 559 g/mol. The number of rotatable bonds is 5. The molecule has 3 N–H and O–H groups in total. The van der Waals surface area contributed by atoms with Crippen LogP contribution >= 0.6 is 0 Å².